The zero-order chi connectivity index (χ0) is 13.9. The molecule has 0 saturated heterocycles. The van der Waals surface area contributed by atoms with Crippen molar-refractivity contribution in [1.82, 2.24) is 5.32 Å². The van der Waals surface area contributed by atoms with Crippen molar-refractivity contribution >= 4 is 17.7 Å². The fraction of sp³-hybridized carbons (Fsp3) is 0.533. The van der Waals surface area contributed by atoms with Gasteiger partial charge in [-0.15, -0.1) is 11.8 Å². The molecule has 0 fully saturated rings. The minimum absolute atomic E-state index is 0.414. The number of hydrogen-bond donors (Lipinski definition) is 2. The first kappa shape index (κ1) is 14.4. The maximum absolute atomic E-state index is 11.4. The summed E-state index contributed by atoms with van der Waals surface area (Å²) in [5.41, 5.74) is 0.543. The summed E-state index contributed by atoms with van der Waals surface area (Å²) in [5.74, 6) is 0.693. The molecule has 0 spiro atoms. The number of carboxylic acids is 1. The third kappa shape index (κ3) is 3.12. The Labute approximate surface area is 118 Å². The number of benzene rings is 1. The van der Waals surface area contributed by atoms with Crippen LogP contribution in [0.2, 0.25) is 0 Å². The van der Waals surface area contributed by atoms with Gasteiger partial charge in [0.25, 0.3) is 0 Å². The Morgan fingerprint density at radius 1 is 1.53 bits per heavy atom. The zero-order valence-corrected chi connectivity index (χ0v) is 12.3. The van der Waals surface area contributed by atoms with E-state index in [1.54, 1.807) is 6.92 Å². The van der Waals surface area contributed by atoms with E-state index >= 15 is 0 Å². The van der Waals surface area contributed by atoms with Gasteiger partial charge in [-0.1, -0.05) is 31.5 Å². The first-order valence-corrected chi connectivity index (χ1v) is 7.75. The fourth-order valence-electron chi connectivity index (χ4n) is 2.52. The maximum Gasteiger partial charge on any atom is 0.323 e. The molecular formula is C15H21NO2S. The molecule has 1 aliphatic rings. The fourth-order valence-corrected chi connectivity index (χ4v) is 3.77. The van der Waals surface area contributed by atoms with Crippen molar-refractivity contribution < 1.29 is 9.90 Å². The van der Waals surface area contributed by atoms with Crippen molar-refractivity contribution in [2.24, 2.45) is 0 Å². The molecule has 104 valence electrons. The van der Waals surface area contributed by atoms with Gasteiger partial charge in [0.1, 0.15) is 5.54 Å². The average molecular weight is 279 g/mol. The highest BCUT2D eigenvalue weighted by atomic mass is 32.2. The van der Waals surface area contributed by atoms with Crippen molar-refractivity contribution in [3.8, 4) is 0 Å². The third-order valence-corrected chi connectivity index (χ3v) is 5.01. The summed E-state index contributed by atoms with van der Waals surface area (Å²) < 4.78 is 0. The minimum atomic E-state index is -0.809. The second kappa shape index (κ2) is 5.97. The maximum atomic E-state index is 11.4. The lowest BCUT2D eigenvalue weighted by atomic mass is 9.94. The number of carbonyl (C=O) groups is 1. The van der Waals surface area contributed by atoms with Crippen LogP contribution in [-0.2, 0) is 4.79 Å². The number of aliphatic carboxylic acids is 1. The highest BCUT2D eigenvalue weighted by molar-refractivity contribution is 7.99. The minimum Gasteiger partial charge on any atom is -0.480 e. The van der Waals surface area contributed by atoms with Crippen LogP contribution in [-0.4, -0.2) is 28.9 Å². The van der Waals surface area contributed by atoms with Crippen LogP contribution in [0.5, 0.6) is 0 Å². The summed E-state index contributed by atoms with van der Waals surface area (Å²) in [4.78, 5) is 12.7. The molecule has 1 aromatic carbocycles. The number of hydrogen-bond acceptors (Lipinski definition) is 3. The highest BCUT2D eigenvalue weighted by Crippen LogP contribution is 2.39. The molecule has 2 atom stereocenters. The first-order chi connectivity index (χ1) is 9.07. The summed E-state index contributed by atoms with van der Waals surface area (Å²) >= 11 is 1.86. The summed E-state index contributed by atoms with van der Waals surface area (Å²) in [6, 6.07) is 8.41. The van der Waals surface area contributed by atoms with E-state index in [1.807, 2.05) is 18.7 Å². The molecule has 4 heteroatoms. The summed E-state index contributed by atoms with van der Waals surface area (Å²) in [5, 5.41) is 12.6. The van der Waals surface area contributed by atoms with Crippen molar-refractivity contribution in [1.29, 1.82) is 0 Å². The molecular weight excluding hydrogens is 258 g/mol. The van der Waals surface area contributed by atoms with Gasteiger partial charge in [-0.25, -0.2) is 0 Å². The van der Waals surface area contributed by atoms with Crippen LogP contribution in [0.25, 0.3) is 0 Å². The number of nitrogens with one attached hydrogen (secondary N) is 1. The van der Waals surface area contributed by atoms with Crippen LogP contribution in [0.4, 0.5) is 0 Å². The first-order valence-electron chi connectivity index (χ1n) is 6.77. The topological polar surface area (TPSA) is 49.3 Å². The molecule has 3 nitrogen and oxygen atoms in total. The van der Waals surface area contributed by atoms with Gasteiger partial charge in [0, 0.05) is 23.1 Å². The van der Waals surface area contributed by atoms with Crippen LogP contribution in [0.1, 0.15) is 38.2 Å². The molecule has 0 bridgehead atoms. The second-order valence-corrected chi connectivity index (χ2v) is 6.38. The van der Waals surface area contributed by atoms with Gasteiger partial charge in [0.15, 0.2) is 0 Å². The molecule has 2 unspecified atom stereocenters. The molecule has 2 rings (SSSR count). The van der Waals surface area contributed by atoms with E-state index < -0.39 is 11.5 Å². The Bertz CT molecular complexity index is 463. The molecule has 0 amide bonds. The largest absolute Gasteiger partial charge is 0.480 e. The molecule has 0 aromatic heterocycles. The van der Waals surface area contributed by atoms with Gasteiger partial charge in [-0.2, -0.15) is 0 Å². The lowest BCUT2D eigenvalue weighted by Gasteiger charge is -2.27. The van der Waals surface area contributed by atoms with Crippen molar-refractivity contribution in [3.05, 3.63) is 29.8 Å². The number of carboxylic acid groups (broad SMARTS) is 1. The lowest BCUT2D eigenvalue weighted by Crippen LogP contribution is -2.50. The Hall–Kier alpha value is -1.00. The number of rotatable bonds is 6. The summed E-state index contributed by atoms with van der Waals surface area (Å²) in [7, 11) is 0. The standard InChI is InChI=1S/C15H21NO2S/c1-3-8-15(2,14(17)18)16-9-11-10-19-13-7-5-4-6-12(11)13/h4-7,11,16H,3,8-10H2,1-2H3,(H,17,18). The summed E-state index contributed by atoms with van der Waals surface area (Å²) in [6.45, 7) is 4.53. The molecule has 0 aliphatic carbocycles. The van der Waals surface area contributed by atoms with Crippen molar-refractivity contribution in [2.75, 3.05) is 12.3 Å². The van der Waals surface area contributed by atoms with Crippen LogP contribution >= 0.6 is 11.8 Å². The van der Waals surface area contributed by atoms with Gasteiger partial charge in [0.2, 0.25) is 0 Å². The van der Waals surface area contributed by atoms with Crippen LogP contribution < -0.4 is 5.32 Å². The quantitative estimate of drug-likeness (QED) is 0.840. The van der Waals surface area contributed by atoms with Gasteiger partial charge in [-0.3, -0.25) is 4.79 Å². The molecule has 1 heterocycles. The Morgan fingerprint density at radius 2 is 2.26 bits per heavy atom. The molecule has 0 radical (unpaired) electrons. The molecule has 1 aliphatic heterocycles. The van der Waals surface area contributed by atoms with E-state index in [-0.39, 0.29) is 0 Å². The van der Waals surface area contributed by atoms with Gasteiger partial charge >= 0.3 is 5.97 Å². The van der Waals surface area contributed by atoms with Gasteiger partial charge in [-0.05, 0) is 25.0 Å². The Morgan fingerprint density at radius 3 is 2.95 bits per heavy atom. The SMILES string of the molecule is CCCC(C)(NCC1CSc2ccccc21)C(=O)O. The van der Waals surface area contributed by atoms with Gasteiger partial charge < -0.3 is 10.4 Å². The van der Waals surface area contributed by atoms with Gasteiger partial charge in [0.05, 0.1) is 0 Å². The predicted molar refractivity (Wildman–Crippen MR) is 78.9 cm³/mol. The second-order valence-electron chi connectivity index (χ2n) is 5.31. The Balaban J connectivity index is 2.01. The van der Waals surface area contributed by atoms with Crippen molar-refractivity contribution in [3.63, 3.8) is 0 Å². The average Bonchev–Trinajstić information content (AvgIpc) is 2.80. The molecule has 1 aromatic rings. The van der Waals surface area contributed by atoms with E-state index in [0.717, 1.165) is 18.7 Å². The van der Waals surface area contributed by atoms with E-state index in [1.165, 1.54) is 10.5 Å². The van der Waals surface area contributed by atoms with Crippen LogP contribution in [0.3, 0.4) is 0 Å². The molecule has 0 saturated carbocycles. The predicted octanol–water partition coefficient (Wildman–Crippen LogP) is 3.11. The molecule has 19 heavy (non-hydrogen) atoms. The van der Waals surface area contributed by atoms with Crippen molar-refractivity contribution in [2.45, 2.75) is 43.0 Å². The molecule has 2 N–H and O–H groups in total. The van der Waals surface area contributed by atoms with Crippen LogP contribution in [0, 0.1) is 0 Å². The van der Waals surface area contributed by atoms with E-state index in [0.29, 0.717) is 12.3 Å². The van der Waals surface area contributed by atoms with Crippen LogP contribution in [0.15, 0.2) is 29.2 Å². The lowest BCUT2D eigenvalue weighted by molar-refractivity contribution is -0.144. The monoisotopic (exact) mass is 279 g/mol. The highest BCUT2D eigenvalue weighted by Gasteiger charge is 2.33. The summed E-state index contributed by atoms with van der Waals surface area (Å²) in [6.07, 6.45) is 1.52. The van der Waals surface area contributed by atoms with E-state index in [2.05, 4.69) is 29.6 Å². The zero-order valence-electron chi connectivity index (χ0n) is 11.5. The number of thioether (sulfide) groups is 1. The normalized spacial score (nSPS) is 20.8. The Kier molecular flexibility index (Phi) is 4.53. The number of fused-ring (bicyclic) bond motifs is 1. The van der Waals surface area contributed by atoms with E-state index in [4.69, 9.17) is 0 Å². The van der Waals surface area contributed by atoms with E-state index in [9.17, 15) is 9.90 Å². The smallest absolute Gasteiger partial charge is 0.323 e. The third-order valence-electron chi connectivity index (χ3n) is 3.76.